The molecule has 0 aromatic heterocycles. The summed E-state index contributed by atoms with van der Waals surface area (Å²) in [7, 11) is -6.18. The molecule has 0 amide bonds. The van der Waals surface area contributed by atoms with Crippen LogP contribution in [0.5, 0.6) is 11.5 Å². The van der Waals surface area contributed by atoms with Crippen LogP contribution in [-0.2, 0) is 26.6 Å². The average molecular weight is 551 g/mol. The molecule has 0 saturated heterocycles. The Morgan fingerprint density at radius 2 is 1.00 bits per heavy atom. The van der Waals surface area contributed by atoms with Crippen LogP contribution in [0.1, 0.15) is 48.5 Å². The third-order valence-electron chi connectivity index (χ3n) is 5.77. The first-order valence-corrected chi connectivity index (χ1v) is 16.8. The number of ether oxygens (including phenoxy) is 2. The summed E-state index contributed by atoms with van der Waals surface area (Å²) in [5.41, 5.74) is 1.84. The van der Waals surface area contributed by atoms with Gasteiger partial charge >= 0.3 is 17.6 Å². The monoisotopic (exact) mass is 550 g/mol. The summed E-state index contributed by atoms with van der Waals surface area (Å²) in [5, 5.41) is 1.75. The minimum Gasteiger partial charge on any atom is -0.489 e. The Labute approximate surface area is 223 Å². The summed E-state index contributed by atoms with van der Waals surface area (Å²) in [4.78, 5) is 0. The molecule has 0 bridgehead atoms. The molecule has 0 radical (unpaired) electrons. The summed E-state index contributed by atoms with van der Waals surface area (Å²) < 4.78 is 49.4. The highest BCUT2D eigenvalue weighted by molar-refractivity contribution is 6.76. The highest BCUT2D eigenvalue weighted by atomic mass is 28.4. The Bertz CT molecular complexity index is 968. The van der Waals surface area contributed by atoms with E-state index in [9.17, 15) is 0 Å². The molecule has 37 heavy (non-hydrogen) atoms. The number of fused-ring (bicyclic) bond motifs is 3. The molecule has 10 heteroatoms. The fourth-order valence-corrected chi connectivity index (χ4v) is 9.41. The highest BCUT2D eigenvalue weighted by Gasteiger charge is 2.45. The smallest absolute Gasteiger partial charge is 0.489 e. The topological polar surface area (TPSA) is 73.8 Å². The van der Waals surface area contributed by atoms with Crippen molar-refractivity contribution >= 4 is 28.0 Å². The standard InChI is InChI=1S/C27H42O8Si2/c1-8-29-36(30-9-2,31-10-3)22-14-16-24-25-17-15-23(37(32-11-4,33-12-5)34-13-6)19-27(25)35-21(7)20-28-26(24)18-22/h14-19,21H,8-13,20H2,1-7H3. The molecule has 1 aliphatic heterocycles. The maximum atomic E-state index is 6.34. The largest absolute Gasteiger partial charge is 0.537 e. The first kappa shape index (κ1) is 29.8. The minimum absolute atomic E-state index is 0.180. The van der Waals surface area contributed by atoms with Gasteiger partial charge in [-0.3, -0.25) is 0 Å². The van der Waals surface area contributed by atoms with E-state index in [1.807, 2.05) is 84.9 Å². The van der Waals surface area contributed by atoms with Gasteiger partial charge in [-0.2, -0.15) is 0 Å². The van der Waals surface area contributed by atoms with E-state index in [1.54, 1.807) is 0 Å². The van der Waals surface area contributed by atoms with Crippen LogP contribution in [0.4, 0.5) is 0 Å². The number of rotatable bonds is 14. The number of benzene rings is 2. The molecule has 8 nitrogen and oxygen atoms in total. The fourth-order valence-electron chi connectivity index (χ4n) is 4.44. The summed E-state index contributed by atoms with van der Waals surface area (Å²) >= 11 is 0. The molecular formula is C27H42O8Si2. The van der Waals surface area contributed by atoms with Crippen molar-refractivity contribution in [2.75, 3.05) is 46.2 Å². The quantitative estimate of drug-likeness (QED) is 0.327. The van der Waals surface area contributed by atoms with E-state index in [0.29, 0.717) is 46.2 Å². The van der Waals surface area contributed by atoms with Crippen LogP contribution in [0.25, 0.3) is 11.1 Å². The van der Waals surface area contributed by atoms with Gasteiger partial charge in [-0.05, 0) is 60.6 Å². The molecule has 0 aliphatic carbocycles. The van der Waals surface area contributed by atoms with Crippen LogP contribution in [0.3, 0.4) is 0 Å². The van der Waals surface area contributed by atoms with Gasteiger partial charge in [0.15, 0.2) is 0 Å². The third kappa shape index (κ3) is 6.63. The van der Waals surface area contributed by atoms with Crippen molar-refractivity contribution in [3.63, 3.8) is 0 Å². The van der Waals surface area contributed by atoms with Crippen LogP contribution in [0, 0.1) is 0 Å². The lowest BCUT2D eigenvalue weighted by Crippen LogP contribution is -2.57. The summed E-state index contributed by atoms with van der Waals surface area (Å²) in [6.07, 6.45) is -0.180. The molecule has 0 fully saturated rings. The van der Waals surface area contributed by atoms with E-state index in [-0.39, 0.29) is 6.10 Å². The van der Waals surface area contributed by atoms with Crippen molar-refractivity contribution in [3.8, 4) is 22.6 Å². The van der Waals surface area contributed by atoms with E-state index in [4.69, 9.17) is 36.0 Å². The second-order valence-corrected chi connectivity index (χ2v) is 13.5. The van der Waals surface area contributed by atoms with Crippen molar-refractivity contribution in [1.82, 2.24) is 0 Å². The third-order valence-corrected chi connectivity index (χ3v) is 11.8. The van der Waals surface area contributed by atoms with Crippen molar-refractivity contribution in [3.05, 3.63) is 36.4 Å². The Kier molecular flexibility index (Phi) is 11.2. The lowest BCUT2D eigenvalue weighted by atomic mass is 10.0. The lowest BCUT2D eigenvalue weighted by Gasteiger charge is -2.31. The van der Waals surface area contributed by atoms with Gasteiger partial charge in [0.25, 0.3) is 0 Å². The maximum Gasteiger partial charge on any atom is 0.537 e. The molecule has 1 atom stereocenters. The molecule has 206 valence electrons. The average Bonchev–Trinajstić information content (AvgIpc) is 2.87. The van der Waals surface area contributed by atoms with Crippen molar-refractivity contribution in [2.45, 2.75) is 54.6 Å². The van der Waals surface area contributed by atoms with Crippen LogP contribution < -0.4 is 19.8 Å². The Morgan fingerprint density at radius 3 is 1.41 bits per heavy atom. The number of hydrogen-bond donors (Lipinski definition) is 0. The molecule has 3 rings (SSSR count). The Balaban J connectivity index is 2.14. The van der Waals surface area contributed by atoms with Crippen LogP contribution >= 0.6 is 0 Å². The fraction of sp³-hybridized carbons (Fsp3) is 0.556. The number of hydrogen-bond acceptors (Lipinski definition) is 8. The molecule has 2 aromatic rings. The van der Waals surface area contributed by atoms with E-state index < -0.39 is 17.6 Å². The zero-order valence-electron chi connectivity index (χ0n) is 23.3. The van der Waals surface area contributed by atoms with Gasteiger partial charge in [-0.1, -0.05) is 24.3 Å². The zero-order chi connectivity index (χ0) is 26.9. The first-order valence-electron chi connectivity index (χ1n) is 13.3. The Morgan fingerprint density at radius 1 is 0.622 bits per heavy atom. The van der Waals surface area contributed by atoms with Gasteiger partial charge < -0.3 is 36.0 Å². The summed E-state index contributed by atoms with van der Waals surface area (Å²) in [6, 6.07) is 12.1. The van der Waals surface area contributed by atoms with E-state index in [2.05, 4.69) is 0 Å². The first-order chi connectivity index (χ1) is 17.9. The molecule has 0 saturated carbocycles. The van der Waals surface area contributed by atoms with E-state index in [1.165, 1.54) is 0 Å². The second-order valence-electron chi connectivity index (χ2n) is 8.37. The molecule has 0 spiro atoms. The molecular weight excluding hydrogens is 508 g/mol. The summed E-state index contributed by atoms with van der Waals surface area (Å²) in [5.74, 6) is 1.47. The summed E-state index contributed by atoms with van der Waals surface area (Å²) in [6.45, 7) is 17.0. The Hall–Kier alpha value is -1.77. The van der Waals surface area contributed by atoms with Crippen LogP contribution in [-0.4, -0.2) is 70.0 Å². The zero-order valence-corrected chi connectivity index (χ0v) is 25.3. The van der Waals surface area contributed by atoms with E-state index >= 15 is 0 Å². The van der Waals surface area contributed by atoms with Gasteiger partial charge in [-0.25, -0.2) is 0 Å². The predicted molar refractivity (Wildman–Crippen MR) is 148 cm³/mol. The molecule has 1 aliphatic rings. The molecule has 1 heterocycles. The van der Waals surface area contributed by atoms with Crippen molar-refractivity contribution in [2.24, 2.45) is 0 Å². The van der Waals surface area contributed by atoms with E-state index in [0.717, 1.165) is 33.0 Å². The molecule has 1 unspecified atom stereocenters. The van der Waals surface area contributed by atoms with Gasteiger partial charge in [-0.15, -0.1) is 0 Å². The van der Waals surface area contributed by atoms with Gasteiger partial charge in [0.2, 0.25) is 0 Å². The van der Waals surface area contributed by atoms with Gasteiger partial charge in [0.1, 0.15) is 24.2 Å². The highest BCUT2D eigenvalue weighted by Crippen LogP contribution is 2.38. The normalized spacial score (nSPS) is 15.7. The van der Waals surface area contributed by atoms with Gasteiger partial charge in [0, 0.05) is 61.1 Å². The second kappa shape index (κ2) is 13.9. The van der Waals surface area contributed by atoms with Crippen LogP contribution in [0.15, 0.2) is 36.4 Å². The molecule has 0 N–H and O–H groups in total. The molecule has 2 aromatic carbocycles. The SMILES string of the molecule is CCO[Si](OCC)(OCC)c1ccc2c(c1)OCC(C)Oc1cc([Si](OCC)(OCC)OCC)ccc1-2. The van der Waals surface area contributed by atoms with Gasteiger partial charge in [0.05, 0.1) is 0 Å². The van der Waals surface area contributed by atoms with Crippen LogP contribution in [0.2, 0.25) is 0 Å². The lowest BCUT2D eigenvalue weighted by molar-refractivity contribution is 0.0848. The van der Waals surface area contributed by atoms with Crippen molar-refractivity contribution in [1.29, 1.82) is 0 Å². The predicted octanol–water partition coefficient (Wildman–Crippen LogP) is 4.02. The minimum atomic E-state index is -3.09. The maximum absolute atomic E-state index is 6.34. The van der Waals surface area contributed by atoms with Crippen molar-refractivity contribution < 1.29 is 36.0 Å².